The number of aryl methyl sites for hydroxylation is 1. The van der Waals surface area contributed by atoms with Gasteiger partial charge in [0.15, 0.2) is 0 Å². The molecule has 1 aromatic rings. The average Bonchev–Trinajstić information content (AvgIpc) is 2.11. The topological polar surface area (TPSA) is 58.6 Å². The van der Waals surface area contributed by atoms with Crippen molar-refractivity contribution in [2.45, 2.75) is 26.4 Å². The molecule has 88 valence electrons. The summed E-state index contributed by atoms with van der Waals surface area (Å²) in [5.74, 6) is -0.322. The first-order valence-electron chi connectivity index (χ1n) is 5.07. The Morgan fingerprint density at radius 2 is 2.12 bits per heavy atom. The summed E-state index contributed by atoms with van der Waals surface area (Å²) in [6, 6.07) is 2.92. The Balaban J connectivity index is 2.86. The molecule has 0 atom stereocenters. The minimum absolute atomic E-state index is 0.281. The van der Waals surface area contributed by atoms with Crippen LogP contribution in [0, 0.1) is 12.7 Å². The van der Waals surface area contributed by atoms with Gasteiger partial charge < -0.3 is 10.8 Å². The highest BCUT2D eigenvalue weighted by molar-refractivity contribution is 5.87. The van der Waals surface area contributed by atoms with Crippen molar-refractivity contribution in [1.82, 2.24) is 0 Å². The summed E-state index contributed by atoms with van der Waals surface area (Å²) >= 11 is 0. The van der Waals surface area contributed by atoms with E-state index in [4.69, 9.17) is 5.73 Å². The number of aliphatic hydroxyl groups is 1. The third kappa shape index (κ3) is 3.62. The fourth-order valence-corrected chi connectivity index (χ4v) is 1.20. The summed E-state index contributed by atoms with van der Waals surface area (Å²) in [6.07, 6.45) is 1.56. The Labute approximate surface area is 94.8 Å². The second-order valence-corrected chi connectivity index (χ2v) is 4.51. The van der Waals surface area contributed by atoms with E-state index in [1.807, 2.05) is 0 Å². The zero-order valence-electron chi connectivity index (χ0n) is 9.79. The summed E-state index contributed by atoms with van der Waals surface area (Å²) < 4.78 is 13.1. The van der Waals surface area contributed by atoms with E-state index in [2.05, 4.69) is 4.99 Å². The number of benzene rings is 1. The Morgan fingerprint density at radius 3 is 2.69 bits per heavy atom. The van der Waals surface area contributed by atoms with Gasteiger partial charge in [0, 0.05) is 17.5 Å². The van der Waals surface area contributed by atoms with Crippen LogP contribution >= 0.6 is 0 Å². The van der Waals surface area contributed by atoms with E-state index in [1.54, 1.807) is 33.1 Å². The number of hydrogen-bond acceptors (Lipinski definition) is 3. The number of nitrogens with two attached hydrogens (primary N) is 1. The number of halogens is 1. The summed E-state index contributed by atoms with van der Waals surface area (Å²) in [5.41, 5.74) is 6.35. The molecule has 0 bridgehead atoms. The van der Waals surface area contributed by atoms with Crippen molar-refractivity contribution in [3.63, 3.8) is 0 Å². The Kier molecular flexibility index (Phi) is 3.65. The smallest absolute Gasteiger partial charge is 0.128 e. The number of hydrogen-bond donors (Lipinski definition) is 2. The molecule has 0 radical (unpaired) electrons. The highest BCUT2D eigenvalue weighted by Gasteiger charge is 2.10. The van der Waals surface area contributed by atoms with Crippen molar-refractivity contribution in [2.24, 2.45) is 4.99 Å². The number of anilines is 1. The molecule has 4 heteroatoms. The molecule has 1 rings (SSSR count). The standard InChI is InChI=1S/C12H17FN2O/c1-8-4-9(11(14)5-10(8)13)6-15-7-12(2,3)16/h4-6,16H,7,14H2,1-3H3. The molecular formula is C12H17FN2O. The molecule has 1 aromatic carbocycles. The minimum Gasteiger partial charge on any atom is -0.398 e. The monoisotopic (exact) mass is 224 g/mol. The van der Waals surface area contributed by atoms with Crippen LogP contribution in [-0.4, -0.2) is 23.5 Å². The molecule has 0 amide bonds. The van der Waals surface area contributed by atoms with Crippen LogP contribution < -0.4 is 5.73 Å². The zero-order valence-corrected chi connectivity index (χ0v) is 9.79. The average molecular weight is 224 g/mol. The molecule has 0 unspecified atom stereocenters. The highest BCUT2D eigenvalue weighted by Crippen LogP contribution is 2.15. The molecule has 0 heterocycles. The predicted octanol–water partition coefficient (Wildman–Crippen LogP) is 1.91. The normalized spacial score (nSPS) is 12.3. The molecule has 0 aromatic heterocycles. The fourth-order valence-electron chi connectivity index (χ4n) is 1.20. The van der Waals surface area contributed by atoms with E-state index in [9.17, 15) is 9.50 Å². The molecule has 3 nitrogen and oxygen atoms in total. The van der Waals surface area contributed by atoms with Crippen LogP contribution in [0.5, 0.6) is 0 Å². The lowest BCUT2D eigenvalue weighted by atomic mass is 10.1. The van der Waals surface area contributed by atoms with Gasteiger partial charge in [0.05, 0.1) is 12.1 Å². The summed E-state index contributed by atoms with van der Waals surface area (Å²) in [5, 5.41) is 9.46. The van der Waals surface area contributed by atoms with Crippen molar-refractivity contribution < 1.29 is 9.50 Å². The van der Waals surface area contributed by atoms with Gasteiger partial charge in [-0.15, -0.1) is 0 Å². The second kappa shape index (κ2) is 4.61. The van der Waals surface area contributed by atoms with Gasteiger partial charge in [0.25, 0.3) is 0 Å². The Morgan fingerprint density at radius 1 is 1.50 bits per heavy atom. The number of nitrogen functional groups attached to an aromatic ring is 1. The molecule has 0 saturated heterocycles. The lowest BCUT2D eigenvalue weighted by Gasteiger charge is -2.12. The van der Waals surface area contributed by atoms with E-state index in [0.717, 1.165) is 0 Å². The summed E-state index contributed by atoms with van der Waals surface area (Å²) in [7, 11) is 0. The van der Waals surface area contributed by atoms with E-state index in [0.29, 0.717) is 16.8 Å². The van der Waals surface area contributed by atoms with Crippen molar-refractivity contribution in [1.29, 1.82) is 0 Å². The first kappa shape index (κ1) is 12.6. The van der Waals surface area contributed by atoms with Gasteiger partial charge in [-0.1, -0.05) is 0 Å². The van der Waals surface area contributed by atoms with Crippen molar-refractivity contribution >= 4 is 11.9 Å². The molecule has 0 aliphatic rings. The first-order valence-corrected chi connectivity index (χ1v) is 5.07. The summed E-state index contributed by atoms with van der Waals surface area (Å²) in [4.78, 5) is 4.07. The second-order valence-electron chi connectivity index (χ2n) is 4.51. The van der Waals surface area contributed by atoms with Gasteiger partial charge in [0.1, 0.15) is 5.82 Å². The molecule has 3 N–H and O–H groups in total. The fraction of sp³-hybridized carbons (Fsp3) is 0.417. The van der Waals surface area contributed by atoms with Crippen LogP contribution in [-0.2, 0) is 0 Å². The lowest BCUT2D eigenvalue weighted by molar-refractivity contribution is 0.0906. The number of nitrogens with zero attached hydrogens (tertiary/aromatic N) is 1. The van der Waals surface area contributed by atoms with Crippen LogP contribution in [0.4, 0.5) is 10.1 Å². The van der Waals surface area contributed by atoms with Crippen molar-refractivity contribution in [3.05, 3.63) is 29.1 Å². The Hall–Kier alpha value is -1.42. The third-order valence-corrected chi connectivity index (χ3v) is 2.07. The van der Waals surface area contributed by atoms with E-state index < -0.39 is 5.60 Å². The van der Waals surface area contributed by atoms with Gasteiger partial charge >= 0.3 is 0 Å². The van der Waals surface area contributed by atoms with Gasteiger partial charge in [-0.05, 0) is 38.5 Å². The summed E-state index contributed by atoms with van der Waals surface area (Å²) in [6.45, 7) is 5.29. The minimum atomic E-state index is -0.847. The van der Waals surface area contributed by atoms with Crippen LogP contribution in [0.25, 0.3) is 0 Å². The Bertz CT molecular complexity index is 408. The van der Waals surface area contributed by atoms with Crippen molar-refractivity contribution in [2.75, 3.05) is 12.3 Å². The van der Waals surface area contributed by atoms with Crippen LogP contribution in [0.2, 0.25) is 0 Å². The van der Waals surface area contributed by atoms with Crippen molar-refractivity contribution in [3.8, 4) is 0 Å². The van der Waals surface area contributed by atoms with Gasteiger partial charge in [-0.3, -0.25) is 4.99 Å². The van der Waals surface area contributed by atoms with Gasteiger partial charge in [-0.2, -0.15) is 0 Å². The molecule has 0 aliphatic carbocycles. The number of aliphatic imine (C=N–C) groups is 1. The molecule has 0 spiro atoms. The maximum Gasteiger partial charge on any atom is 0.128 e. The van der Waals surface area contributed by atoms with Crippen LogP contribution in [0.15, 0.2) is 17.1 Å². The quantitative estimate of drug-likeness (QED) is 0.608. The lowest BCUT2D eigenvalue weighted by Crippen LogP contribution is -2.22. The molecule has 0 fully saturated rings. The molecular weight excluding hydrogens is 207 g/mol. The van der Waals surface area contributed by atoms with Crippen LogP contribution in [0.1, 0.15) is 25.0 Å². The van der Waals surface area contributed by atoms with E-state index in [1.165, 1.54) is 6.07 Å². The first-order chi connectivity index (χ1) is 7.29. The predicted molar refractivity (Wildman–Crippen MR) is 64.3 cm³/mol. The third-order valence-electron chi connectivity index (χ3n) is 2.07. The van der Waals surface area contributed by atoms with Gasteiger partial charge in [-0.25, -0.2) is 4.39 Å². The maximum absolute atomic E-state index is 13.1. The molecule has 0 saturated carbocycles. The molecule has 0 aliphatic heterocycles. The maximum atomic E-state index is 13.1. The van der Waals surface area contributed by atoms with E-state index in [-0.39, 0.29) is 12.4 Å². The van der Waals surface area contributed by atoms with E-state index >= 15 is 0 Å². The highest BCUT2D eigenvalue weighted by atomic mass is 19.1. The van der Waals surface area contributed by atoms with Gasteiger partial charge in [0.2, 0.25) is 0 Å². The van der Waals surface area contributed by atoms with Crippen LogP contribution in [0.3, 0.4) is 0 Å². The largest absolute Gasteiger partial charge is 0.398 e. The number of rotatable bonds is 3. The molecule has 16 heavy (non-hydrogen) atoms. The SMILES string of the molecule is Cc1cc(C=NCC(C)(C)O)c(N)cc1F. The zero-order chi connectivity index (χ0) is 12.3.